The van der Waals surface area contributed by atoms with Crippen LogP contribution in [-0.4, -0.2) is 35.3 Å². The van der Waals surface area contributed by atoms with E-state index in [0.717, 1.165) is 30.7 Å². The van der Waals surface area contributed by atoms with Gasteiger partial charge in [-0.1, -0.05) is 26.8 Å². The molecule has 5 heteroatoms. The van der Waals surface area contributed by atoms with E-state index in [1.54, 1.807) is 0 Å². The summed E-state index contributed by atoms with van der Waals surface area (Å²) >= 11 is 1.46. The quantitative estimate of drug-likeness (QED) is 0.894. The standard InChI is InChI=1S/C19H30N2O2S/c1-18(2,3)13-19(4,5)20-16(22)14-8-6-10-21(12-14)17(23)15-9-7-11-24-15/h7,9,11,14H,6,8,10,12-13H2,1-5H3,(H,20,22). The van der Waals surface area contributed by atoms with Crippen LogP contribution in [0.2, 0.25) is 0 Å². The first-order chi connectivity index (χ1) is 11.1. The van der Waals surface area contributed by atoms with Gasteiger partial charge in [0, 0.05) is 18.6 Å². The van der Waals surface area contributed by atoms with Crippen molar-refractivity contribution in [3.8, 4) is 0 Å². The summed E-state index contributed by atoms with van der Waals surface area (Å²) in [5, 5.41) is 5.12. The lowest BCUT2D eigenvalue weighted by Gasteiger charge is -2.37. The van der Waals surface area contributed by atoms with Gasteiger partial charge in [-0.3, -0.25) is 9.59 Å². The van der Waals surface area contributed by atoms with Crippen molar-refractivity contribution in [1.82, 2.24) is 10.2 Å². The molecule has 1 aromatic rings. The third-order valence-electron chi connectivity index (χ3n) is 4.25. The van der Waals surface area contributed by atoms with Crippen LogP contribution in [0, 0.1) is 11.3 Å². The highest BCUT2D eigenvalue weighted by molar-refractivity contribution is 7.12. The Kier molecular flexibility index (Phi) is 5.74. The van der Waals surface area contributed by atoms with Crippen molar-refractivity contribution in [2.24, 2.45) is 11.3 Å². The number of likely N-dealkylation sites (tertiary alicyclic amines) is 1. The zero-order chi connectivity index (χ0) is 18.0. The fourth-order valence-corrected chi connectivity index (χ4v) is 4.43. The number of carbonyl (C=O) groups excluding carboxylic acids is 2. The van der Waals surface area contributed by atoms with Gasteiger partial charge in [-0.2, -0.15) is 0 Å². The van der Waals surface area contributed by atoms with Gasteiger partial charge in [-0.25, -0.2) is 0 Å². The molecule has 1 fully saturated rings. The van der Waals surface area contributed by atoms with Gasteiger partial charge in [-0.15, -0.1) is 11.3 Å². The molecule has 0 aliphatic carbocycles. The Morgan fingerprint density at radius 1 is 1.29 bits per heavy atom. The Hall–Kier alpha value is -1.36. The molecule has 0 bridgehead atoms. The smallest absolute Gasteiger partial charge is 0.263 e. The van der Waals surface area contributed by atoms with E-state index in [1.165, 1.54) is 11.3 Å². The molecule has 2 heterocycles. The zero-order valence-electron chi connectivity index (χ0n) is 15.5. The largest absolute Gasteiger partial charge is 0.351 e. The summed E-state index contributed by atoms with van der Waals surface area (Å²) in [4.78, 5) is 27.8. The van der Waals surface area contributed by atoms with Crippen molar-refractivity contribution < 1.29 is 9.59 Å². The third kappa shape index (κ3) is 5.33. The van der Waals surface area contributed by atoms with E-state index < -0.39 is 0 Å². The summed E-state index contributed by atoms with van der Waals surface area (Å²) in [5.41, 5.74) is -0.0834. The number of rotatable bonds is 4. The summed E-state index contributed by atoms with van der Waals surface area (Å²) in [5.74, 6) is 0.0197. The molecule has 1 atom stereocenters. The number of hydrogen-bond donors (Lipinski definition) is 1. The van der Waals surface area contributed by atoms with Crippen LogP contribution in [0.3, 0.4) is 0 Å². The molecule has 24 heavy (non-hydrogen) atoms. The van der Waals surface area contributed by atoms with Crippen LogP contribution in [0.15, 0.2) is 17.5 Å². The van der Waals surface area contributed by atoms with E-state index in [4.69, 9.17) is 0 Å². The lowest BCUT2D eigenvalue weighted by atomic mass is 9.81. The van der Waals surface area contributed by atoms with E-state index in [-0.39, 0.29) is 28.7 Å². The van der Waals surface area contributed by atoms with Crippen LogP contribution in [0.25, 0.3) is 0 Å². The Morgan fingerprint density at radius 2 is 2.00 bits per heavy atom. The molecule has 1 aliphatic heterocycles. The van der Waals surface area contributed by atoms with Gasteiger partial charge in [-0.05, 0) is 50.0 Å². The summed E-state index contributed by atoms with van der Waals surface area (Å²) in [6, 6.07) is 3.74. The van der Waals surface area contributed by atoms with E-state index in [0.29, 0.717) is 6.54 Å². The number of carbonyl (C=O) groups is 2. The van der Waals surface area contributed by atoms with Crippen molar-refractivity contribution in [1.29, 1.82) is 0 Å². The van der Waals surface area contributed by atoms with Gasteiger partial charge in [0.15, 0.2) is 0 Å². The average Bonchev–Trinajstić information content (AvgIpc) is 2.97. The van der Waals surface area contributed by atoms with Crippen molar-refractivity contribution in [3.63, 3.8) is 0 Å². The van der Waals surface area contributed by atoms with Crippen molar-refractivity contribution in [2.45, 2.75) is 59.4 Å². The first kappa shape index (κ1) is 19.0. The average molecular weight is 351 g/mol. The Bertz CT molecular complexity index is 573. The molecule has 0 aromatic carbocycles. The second kappa shape index (κ2) is 7.26. The number of piperidine rings is 1. The minimum atomic E-state index is -0.241. The SMILES string of the molecule is CC(C)(C)CC(C)(C)NC(=O)C1CCCN(C(=O)c2cccs2)C1. The predicted octanol–water partition coefficient (Wildman–Crippen LogP) is 3.93. The number of thiophene rings is 1. The lowest BCUT2D eigenvalue weighted by Crippen LogP contribution is -2.51. The maximum Gasteiger partial charge on any atom is 0.263 e. The van der Waals surface area contributed by atoms with Crippen molar-refractivity contribution in [2.75, 3.05) is 13.1 Å². The second-order valence-corrected chi connectivity index (χ2v) is 9.63. The highest BCUT2D eigenvalue weighted by Gasteiger charge is 2.33. The summed E-state index contributed by atoms with van der Waals surface area (Å²) < 4.78 is 0. The molecule has 0 spiro atoms. The topological polar surface area (TPSA) is 49.4 Å². The first-order valence-corrected chi connectivity index (χ1v) is 9.60. The van der Waals surface area contributed by atoms with Gasteiger partial charge in [0.25, 0.3) is 5.91 Å². The minimum Gasteiger partial charge on any atom is -0.351 e. The van der Waals surface area contributed by atoms with E-state index >= 15 is 0 Å². The number of nitrogens with one attached hydrogen (secondary N) is 1. The molecule has 1 aliphatic rings. The normalized spacial score (nSPS) is 19.2. The molecule has 0 saturated carbocycles. The van der Waals surface area contributed by atoms with E-state index in [1.807, 2.05) is 22.4 Å². The Balaban J connectivity index is 1.96. The monoisotopic (exact) mass is 350 g/mol. The van der Waals surface area contributed by atoms with Crippen LogP contribution >= 0.6 is 11.3 Å². The maximum absolute atomic E-state index is 12.7. The van der Waals surface area contributed by atoms with Crippen molar-refractivity contribution in [3.05, 3.63) is 22.4 Å². The summed E-state index contributed by atoms with van der Waals surface area (Å²) in [7, 11) is 0. The zero-order valence-corrected chi connectivity index (χ0v) is 16.3. The number of amides is 2. The highest BCUT2D eigenvalue weighted by Crippen LogP contribution is 2.28. The van der Waals surface area contributed by atoms with Crippen LogP contribution in [0.1, 0.15) is 63.6 Å². The number of hydrogen-bond acceptors (Lipinski definition) is 3. The summed E-state index contributed by atoms with van der Waals surface area (Å²) in [6.45, 7) is 12.0. The molecule has 2 amide bonds. The van der Waals surface area contributed by atoms with Crippen molar-refractivity contribution >= 4 is 23.2 Å². The van der Waals surface area contributed by atoms with Crippen LogP contribution < -0.4 is 5.32 Å². The lowest BCUT2D eigenvalue weighted by molar-refractivity contribution is -0.128. The minimum absolute atomic E-state index is 0.0523. The van der Waals surface area contributed by atoms with Gasteiger partial charge in [0.2, 0.25) is 5.91 Å². The molecule has 4 nitrogen and oxygen atoms in total. The van der Waals surface area contributed by atoms with Crippen LogP contribution in [0.4, 0.5) is 0 Å². The molecule has 1 unspecified atom stereocenters. The van der Waals surface area contributed by atoms with Gasteiger partial charge in [0.1, 0.15) is 0 Å². The predicted molar refractivity (Wildman–Crippen MR) is 99.2 cm³/mol. The second-order valence-electron chi connectivity index (χ2n) is 8.68. The molecule has 134 valence electrons. The first-order valence-electron chi connectivity index (χ1n) is 8.72. The molecule has 1 saturated heterocycles. The fourth-order valence-electron chi connectivity index (χ4n) is 3.74. The Morgan fingerprint density at radius 3 is 2.58 bits per heavy atom. The van der Waals surface area contributed by atoms with Gasteiger partial charge < -0.3 is 10.2 Å². The number of nitrogens with zero attached hydrogens (tertiary/aromatic N) is 1. The van der Waals surface area contributed by atoms with Gasteiger partial charge in [0.05, 0.1) is 10.8 Å². The van der Waals surface area contributed by atoms with Gasteiger partial charge >= 0.3 is 0 Å². The van der Waals surface area contributed by atoms with Crippen LogP contribution in [0.5, 0.6) is 0 Å². The van der Waals surface area contributed by atoms with E-state index in [2.05, 4.69) is 39.9 Å². The molecule has 1 N–H and O–H groups in total. The molecular weight excluding hydrogens is 320 g/mol. The van der Waals surface area contributed by atoms with E-state index in [9.17, 15) is 9.59 Å². The fraction of sp³-hybridized carbons (Fsp3) is 0.684. The maximum atomic E-state index is 12.7. The highest BCUT2D eigenvalue weighted by atomic mass is 32.1. The molecule has 0 radical (unpaired) electrons. The third-order valence-corrected chi connectivity index (χ3v) is 5.10. The molecule has 1 aromatic heterocycles. The molecular formula is C19H30N2O2S. The molecule has 2 rings (SSSR count). The van der Waals surface area contributed by atoms with Crippen LogP contribution in [-0.2, 0) is 4.79 Å². The Labute approximate surface area is 149 Å². The summed E-state index contributed by atoms with van der Waals surface area (Å²) in [6.07, 6.45) is 2.65.